The predicted octanol–water partition coefficient (Wildman–Crippen LogP) is 0.00750. The number of amides is 1. The first-order chi connectivity index (χ1) is 7.69. The number of hydrogen-bond donors (Lipinski definition) is 1. The molecule has 1 N–H and O–H groups in total. The first kappa shape index (κ1) is 13.0. The molecule has 0 bridgehead atoms. The molecule has 1 fully saturated rings. The third-order valence-electron chi connectivity index (χ3n) is 2.78. The van der Waals surface area contributed by atoms with Crippen molar-refractivity contribution >= 4 is 11.9 Å². The van der Waals surface area contributed by atoms with E-state index in [1.165, 1.54) is 7.11 Å². The van der Waals surface area contributed by atoms with Gasteiger partial charge in [0.05, 0.1) is 13.0 Å². The summed E-state index contributed by atoms with van der Waals surface area (Å²) in [4.78, 5) is 24.6. The van der Waals surface area contributed by atoms with Crippen LogP contribution in [0.1, 0.15) is 19.8 Å². The van der Waals surface area contributed by atoms with Gasteiger partial charge in [-0.05, 0) is 19.5 Å². The van der Waals surface area contributed by atoms with Gasteiger partial charge >= 0.3 is 5.97 Å². The number of rotatable bonds is 6. The number of nitrogens with zero attached hydrogens (tertiary/aromatic N) is 1. The van der Waals surface area contributed by atoms with Crippen molar-refractivity contribution in [3.63, 3.8) is 0 Å². The van der Waals surface area contributed by atoms with Crippen molar-refractivity contribution < 1.29 is 14.3 Å². The van der Waals surface area contributed by atoms with Gasteiger partial charge in [0.15, 0.2) is 0 Å². The zero-order valence-electron chi connectivity index (χ0n) is 9.99. The van der Waals surface area contributed by atoms with E-state index in [0.717, 1.165) is 26.1 Å². The third-order valence-corrected chi connectivity index (χ3v) is 2.78. The number of ether oxygens (including phenoxy) is 1. The number of methoxy groups -OCH3 is 1. The minimum absolute atomic E-state index is 0.0619. The van der Waals surface area contributed by atoms with Crippen LogP contribution < -0.4 is 5.32 Å². The van der Waals surface area contributed by atoms with Crippen molar-refractivity contribution in [2.75, 3.05) is 33.3 Å². The fraction of sp³-hybridized carbons (Fsp3) is 0.818. The molecule has 0 aromatic heterocycles. The Morgan fingerprint density at radius 2 is 2.38 bits per heavy atom. The SMILES string of the molecule is CCNCCCN1CC(C(=O)OC)CC1=O. The van der Waals surface area contributed by atoms with Crippen molar-refractivity contribution in [2.45, 2.75) is 19.8 Å². The Labute approximate surface area is 96.1 Å². The number of carbonyl (C=O) groups excluding carboxylic acids is 2. The lowest BCUT2D eigenvalue weighted by molar-refractivity contribution is -0.145. The monoisotopic (exact) mass is 228 g/mol. The molecule has 0 aromatic carbocycles. The van der Waals surface area contributed by atoms with E-state index < -0.39 is 0 Å². The molecule has 92 valence electrons. The highest BCUT2D eigenvalue weighted by atomic mass is 16.5. The molecule has 1 aliphatic heterocycles. The maximum Gasteiger partial charge on any atom is 0.310 e. The Hall–Kier alpha value is -1.10. The normalized spacial score (nSPS) is 20.2. The molecule has 0 radical (unpaired) electrons. The van der Waals surface area contributed by atoms with Crippen LogP contribution in [-0.4, -0.2) is 50.1 Å². The summed E-state index contributed by atoms with van der Waals surface area (Å²) in [5.74, 6) is -0.480. The van der Waals surface area contributed by atoms with Crippen LogP contribution in [0.5, 0.6) is 0 Å². The number of esters is 1. The van der Waals surface area contributed by atoms with E-state index in [1.54, 1.807) is 4.90 Å². The number of hydrogen-bond acceptors (Lipinski definition) is 4. The molecule has 0 aliphatic carbocycles. The van der Waals surface area contributed by atoms with Gasteiger partial charge in [0.25, 0.3) is 0 Å². The smallest absolute Gasteiger partial charge is 0.310 e. The molecule has 0 saturated carbocycles. The molecule has 0 spiro atoms. The second-order valence-electron chi connectivity index (χ2n) is 3.97. The molecule has 0 aromatic rings. The highest BCUT2D eigenvalue weighted by molar-refractivity contribution is 5.86. The zero-order chi connectivity index (χ0) is 12.0. The number of carbonyl (C=O) groups is 2. The van der Waals surface area contributed by atoms with E-state index in [2.05, 4.69) is 10.1 Å². The molecular formula is C11H20N2O3. The summed E-state index contributed by atoms with van der Waals surface area (Å²) < 4.78 is 4.64. The molecule has 1 amide bonds. The standard InChI is InChI=1S/C11H20N2O3/c1-3-12-5-4-6-13-8-9(7-10(13)14)11(15)16-2/h9,12H,3-8H2,1-2H3. The average Bonchev–Trinajstić information content (AvgIpc) is 2.65. The van der Waals surface area contributed by atoms with Crippen LogP contribution in [-0.2, 0) is 14.3 Å². The summed E-state index contributed by atoms with van der Waals surface area (Å²) in [5, 5.41) is 3.20. The van der Waals surface area contributed by atoms with Gasteiger partial charge in [-0.2, -0.15) is 0 Å². The molecule has 1 heterocycles. The van der Waals surface area contributed by atoms with Crippen molar-refractivity contribution in [3.05, 3.63) is 0 Å². The van der Waals surface area contributed by atoms with Crippen LogP contribution in [0.15, 0.2) is 0 Å². The van der Waals surface area contributed by atoms with E-state index >= 15 is 0 Å². The first-order valence-corrected chi connectivity index (χ1v) is 5.75. The summed E-state index contributed by atoms with van der Waals surface area (Å²) in [7, 11) is 1.36. The Morgan fingerprint density at radius 1 is 1.62 bits per heavy atom. The number of nitrogens with one attached hydrogen (secondary N) is 1. The second-order valence-corrected chi connectivity index (χ2v) is 3.97. The van der Waals surface area contributed by atoms with E-state index in [9.17, 15) is 9.59 Å². The Bertz CT molecular complexity index is 256. The molecule has 5 heteroatoms. The number of likely N-dealkylation sites (tertiary alicyclic amines) is 1. The van der Waals surface area contributed by atoms with Gasteiger partial charge < -0.3 is 15.0 Å². The van der Waals surface area contributed by atoms with E-state index in [0.29, 0.717) is 13.0 Å². The lowest BCUT2D eigenvalue weighted by Gasteiger charge is -2.15. The van der Waals surface area contributed by atoms with Gasteiger partial charge in [0.1, 0.15) is 0 Å². The van der Waals surface area contributed by atoms with Crippen LogP contribution >= 0.6 is 0 Å². The Kier molecular flexibility index (Phi) is 5.25. The average molecular weight is 228 g/mol. The molecule has 16 heavy (non-hydrogen) atoms. The van der Waals surface area contributed by atoms with Gasteiger partial charge in [0, 0.05) is 19.5 Å². The van der Waals surface area contributed by atoms with Crippen molar-refractivity contribution in [1.82, 2.24) is 10.2 Å². The summed E-state index contributed by atoms with van der Waals surface area (Å²) >= 11 is 0. The molecule has 1 saturated heterocycles. The van der Waals surface area contributed by atoms with Gasteiger partial charge in [0.2, 0.25) is 5.91 Å². The van der Waals surface area contributed by atoms with E-state index in [4.69, 9.17) is 0 Å². The van der Waals surface area contributed by atoms with Crippen LogP contribution in [0.2, 0.25) is 0 Å². The van der Waals surface area contributed by atoms with Crippen molar-refractivity contribution in [3.8, 4) is 0 Å². The summed E-state index contributed by atoms with van der Waals surface area (Å²) in [6, 6.07) is 0. The summed E-state index contributed by atoms with van der Waals surface area (Å²) in [6.45, 7) is 5.13. The molecule has 1 rings (SSSR count). The minimum atomic E-state index is -0.275. The van der Waals surface area contributed by atoms with Crippen LogP contribution in [0, 0.1) is 5.92 Å². The highest BCUT2D eigenvalue weighted by Gasteiger charge is 2.34. The molecular weight excluding hydrogens is 208 g/mol. The fourth-order valence-corrected chi connectivity index (χ4v) is 1.88. The summed E-state index contributed by atoms with van der Waals surface area (Å²) in [6.07, 6.45) is 1.22. The van der Waals surface area contributed by atoms with E-state index in [-0.39, 0.29) is 17.8 Å². The Morgan fingerprint density at radius 3 is 3.00 bits per heavy atom. The van der Waals surface area contributed by atoms with Crippen molar-refractivity contribution in [2.24, 2.45) is 5.92 Å². The molecule has 1 atom stereocenters. The summed E-state index contributed by atoms with van der Waals surface area (Å²) in [5.41, 5.74) is 0. The zero-order valence-corrected chi connectivity index (χ0v) is 9.99. The van der Waals surface area contributed by atoms with Gasteiger partial charge in [-0.1, -0.05) is 6.92 Å². The van der Waals surface area contributed by atoms with Crippen LogP contribution in [0.25, 0.3) is 0 Å². The van der Waals surface area contributed by atoms with E-state index in [1.807, 2.05) is 6.92 Å². The molecule has 1 aliphatic rings. The third kappa shape index (κ3) is 3.48. The fourth-order valence-electron chi connectivity index (χ4n) is 1.88. The predicted molar refractivity (Wildman–Crippen MR) is 59.9 cm³/mol. The molecule has 1 unspecified atom stereocenters. The minimum Gasteiger partial charge on any atom is -0.469 e. The van der Waals surface area contributed by atoms with Gasteiger partial charge in [-0.25, -0.2) is 0 Å². The van der Waals surface area contributed by atoms with Gasteiger partial charge in [-0.15, -0.1) is 0 Å². The lowest BCUT2D eigenvalue weighted by atomic mass is 10.1. The van der Waals surface area contributed by atoms with Crippen LogP contribution in [0.3, 0.4) is 0 Å². The molecule has 5 nitrogen and oxygen atoms in total. The maximum absolute atomic E-state index is 11.6. The first-order valence-electron chi connectivity index (χ1n) is 5.75. The highest BCUT2D eigenvalue weighted by Crippen LogP contribution is 2.18. The van der Waals surface area contributed by atoms with Crippen molar-refractivity contribution in [1.29, 1.82) is 0 Å². The lowest BCUT2D eigenvalue weighted by Crippen LogP contribution is -2.29. The topological polar surface area (TPSA) is 58.6 Å². The quantitative estimate of drug-likeness (QED) is 0.514. The maximum atomic E-state index is 11.6. The largest absolute Gasteiger partial charge is 0.469 e. The van der Waals surface area contributed by atoms with Crippen LogP contribution in [0.4, 0.5) is 0 Å². The van der Waals surface area contributed by atoms with Gasteiger partial charge in [-0.3, -0.25) is 9.59 Å². The second kappa shape index (κ2) is 6.48. The Balaban J connectivity index is 2.28.